The minimum absolute atomic E-state index is 0.0442. The number of benzene rings is 1. The van der Waals surface area contributed by atoms with Crippen molar-refractivity contribution in [2.45, 2.75) is 36.6 Å². The fourth-order valence-corrected chi connectivity index (χ4v) is 4.80. The van der Waals surface area contributed by atoms with Crippen LogP contribution >= 0.6 is 35.4 Å². The van der Waals surface area contributed by atoms with Crippen molar-refractivity contribution in [2.75, 3.05) is 6.54 Å². The Morgan fingerprint density at radius 3 is 2.43 bits per heavy atom. The molecule has 8 heteroatoms. The number of nitrogens with zero attached hydrogens (tertiary/aromatic N) is 1. The van der Waals surface area contributed by atoms with E-state index in [-0.39, 0.29) is 27.5 Å². The van der Waals surface area contributed by atoms with Gasteiger partial charge in [-0.15, -0.1) is 0 Å². The number of nitrogens with two attached hydrogens (primary N) is 1. The third kappa shape index (κ3) is 3.87. The summed E-state index contributed by atoms with van der Waals surface area (Å²) >= 11 is 16.7. The molecule has 0 saturated heterocycles. The maximum atomic E-state index is 12.8. The fraction of sp³-hybridized carbons (Fsp3) is 0.462. The standard InChI is InChI=1S/C13H16Cl2N2O2S2/c14-11-6-5-10(7-12(11)15)21(18,19)17(8-13(16)20)9-3-1-2-4-9/h5-7,9H,1-4,8H2,(H2,16,20). The van der Waals surface area contributed by atoms with Crippen LogP contribution in [0.4, 0.5) is 0 Å². The summed E-state index contributed by atoms with van der Waals surface area (Å²) in [6.45, 7) is 0.0442. The lowest BCUT2D eigenvalue weighted by atomic mass is 10.2. The molecule has 2 rings (SSSR count). The van der Waals surface area contributed by atoms with Crippen LogP contribution < -0.4 is 5.73 Å². The second-order valence-corrected chi connectivity index (χ2v) is 8.26. The van der Waals surface area contributed by atoms with Crippen LogP contribution in [-0.4, -0.2) is 30.3 Å². The lowest BCUT2D eigenvalue weighted by Gasteiger charge is -2.27. The Kier molecular flexibility index (Phi) is 5.48. The van der Waals surface area contributed by atoms with Crippen LogP contribution in [0.3, 0.4) is 0 Å². The van der Waals surface area contributed by atoms with E-state index < -0.39 is 10.0 Å². The molecule has 1 aromatic carbocycles. The molecule has 0 bridgehead atoms. The monoisotopic (exact) mass is 366 g/mol. The highest BCUT2D eigenvalue weighted by molar-refractivity contribution is 7.89. The molecular weight excluding hydrogens is 351 g/mol. The summed E-state index contributed by atoms with van der Waals surface area (Å²) in [4.78, 5) is 0.269. The van der Waals surface area contributed by atoms with Gasteiger partial charge in [0.15, 0.2) is 0 Å². The molecule has 1 aromatic rings. The highest BCUT2D eigenvalue weighted by Gasteiger charge is 2.33. The van der Waals surface area contributed by atoms with Crippen LogP contribution in [0, 0.1) is 0 Å². The molecule has 1 aliphatic rings. The van der Waals surface area contributed by atoms with Gasteiger partial charge in [0, 0.05) is 6.04 Å². The predicted octanol–water partition coefficient (Wildman–Crippen LogP) is 3.21. The van der Waals surface area contributed by atoms with Gasteiger partial charge in [-0.2, -0.15) is 4.31 Å². The van der Waals surface area contributed by atoms with Crippen molar-refractivity contribution in [3.05, 3.63) is 28.2 Å². The first-order valence-corrected chi connectivity index (χ1v) is 9.18. The van der Waals surface area contributed by atoms with Crippen molar-refractivity contribution in [1.82, 2.24) is 4.31 Å². The zero-order chi connectivity index (χ0) is 15.6. The van der Waals surface area contributed by atoms with Crippen molar-refractivity contribution < 1.29 is 8.42 Å². The number of hydrogen-bond donors (Lipinski definition) is 1. The highest BCUT2D eigenvalue weighted by atomic mass is 35.5. The van der Waals surface area contributed by atoms with E-state index in [9.17, 15) is 8.42 Å². The molecule has 21 heavy (non-hydrogen) atoms. The lowest BCUT2D eigenvalue weighted by Crippen LogP contribution is -2.43. The summed E-state index contributed by atoms with van der Waals surface area (Å²) in [6.07, 6.45) is 3.66. The van der Waals surface area contributed by atoms with Crippen LogP contribution in [0.2, 0.25) is 10.0 Å². The fourth-order valence-electron chi connectivity index (χ4n) is 2.53. The molecule has 1 aliphatic carbocycles. The second-order valence-electron chi connectivity index (χ2n) is 5.03. The highest BCUT2D eigenvalue weighted by Crippen LogP contribution is 2.31. The zero-order valence-electron chi connectivity index (χ0n) is 11.3. The summed E-state index contributed by atoms with van der Waals surface area (Å²) in [5.41, 5.74) is 5.57. The average molecular weight is 367 g/mol. The van der Waals surface area contributed by atoms with Crippen molar-refractivity contribution >= 4 is 50.4 Å². The molecule has 1 saturated carbocycles. The molecule has 2 N–H and O–H groups in total. The smallest absolute Gasteiger partial charge is 0.243 e. The molecule has 0 radical (unpaired) electrons. The maximum Gasteiger partial charge on any atom is 0.243 e. The zero-order valence-corrected chi connectivity index (χ0v) is 14.4. The Bertz CT molecular complexity index is 644. The molecule has 0 aliphatic heterocycles. The summed E-state index contributed by atoms with van der Waals surface area (Å²) in [5, 5.41) is 0.525. The number of halogens is 2. The van der Waals surface area contributed by atoms with Gasteiger partial charge in [0.2, 0.25) is 10.0 Å². The van der Waals surface area contributed by atoms with Crippen LogP contribution in [0.5, 0.6) is 0 Å². The minimum Gasteiger partial charge on any atom is -0.392 e. The Morgan fingerprint density at radius 1 is 1.29 bits per heavy atom. The molecule has 116 valence electrons. The topological polar surface area (TPSA) is 63.4 Å². The van der Waals surface area contributed by atoms with Crippen molar-refractivity contribution in [3.8, 4) is 0 Å². The summed E-state index contributed by atoms with van der Waals surface area (Å²) < 4.78 is 27.0. The molecule has 0 heterocycles. The van der Waals surface area contributed by atoms with Gasteiger partial charge in [-0.1, -0.05) is 48.3 Å². The van der Waals surface area contributed by atoms with Gasteiger partial charge in [-0.25, -0.2) is 8.42 Å². The van der Waals surface area contributed by atoms with E-state index in [4.69, 9.17) is 41.2 Å². The van der Waals surface area contributed by atoms with Crippen LogP contribution in [0.15, 0.2) is 23.1 Å². The summed E-state index contributed by atoms with van der Waals surface area (Å²) in [7, 11) is -3.70. The lowest BCUT2D eigenvalue weighted by molar-refractivity contribution is 0.355. The van der Waals surface area contributed by atoms with Gasteiger partial charge in [0.05, 0.1) is 26.5 Å². The van der Waals surface area contributed by atoms with Gasteiger partial charge in [0.1, 0.15) is 0 Å². The quantitative estimate of drug-likeness (QED) is 0.812. The van der Waals surface area contributed by atoms with Crippen molar-refractivity contribution in [2.24, 2.45) is 5.73 Å². The molecule has 0 aromatic heterocycles. The first kappa shape index (κ1) is 17.0. The Balaban J connectivity index is 2.40. The predicted molar refractivity (Wildman–Crippen MR) is 89.4 cm³/mol. The Labute approximate surface area is 140 Å². The maximum absolute atomic E-state index is 12.8. The second kappa shape index (κ2) is 6.79. The summed E-state index contributed by atoms with van der Waals surface area (Å²) in [5.74, 6) is 0. The molecule has 0 spiro atoms. The van der Waals surface area contributed by atoms with E-state index in [0.717, 1.165) is 25.7 Å². The van der Waals surface area contributed by atoms with Crippen LogP contribution in [0.1, 0.15) is 25.7 Å². The number of rotatable bonds is 5. The third-order valence-electron chi connectivity index (χ3n) is 3.54. The van der Waals surface area contributed by atoms with Crippen LogP contribution in [0.25, 0.3) is 0 Å². The van der Waals surface area contributed by atoms with E-state index in [1.165, 1.54) is 22.5 Å². The molecule has 1 fully saturated rings. The van der Waals surface area contributed by atoms with Gasteiger partial charge >= 0.3 is 0 Å². The average Bonchev–Trinajstić information content (AvgIpc) is 2.92. The SMILES string of the molecule is NC(=S)CN(C1CCCC1)S(=O)(=O)c1ccc(Cl)c(Cl)c1. The molecular formula is C13H16Cl2N2O2S2. The third-order valence-corrected chi connectivity index (χ3v) is 6.30. The largest absolute Gasteiger partial charge is 0.392 e. The first-order chi connectivity index (χ1) is 9.82. The van der Waals surface area contributed by atoms with E-state index in [1.807, 2.05) is 0 Å². The molecule has 4 nitrogen and oxygen atoms in total. The van der Waals surface area contributed by atoms with Gasteiger partial charge in [0.25, 0.3) is 0 Å². The molecule has 0 amide bonds. The number of hydrogen-bond acceptors (Lipinski definition) is 3. The Morgan fingerprint density at radius 2 is 1.90 bits per heavy atom. The Hall–Kier alpha value is -0.400. The van der Waals surface area contributed by atoms with Gasteiger partial charge in [-0.3, -0.25) is 0 Å². The molecule has 0 unspecified atom stereocenters. The number of sulfonamides is 1. The van der Waals surface area contributed by atoms with Gasteiger partial charge in [-0.05, 0) is 31.0 Å². The van der Waals surface area contributed by atoms with Crippen LogP contribution in [-0.2, 0) is 10.0 Å². The van der Waals surface area contributed by atoms with E-state index >= 15 is 0 Å². The first-order valence-electron chi connectivity index (χ1n) is 6.57. The number of thiocarbonyl (C=S) groups is 1. The molecule has 0 atom stereocenters. The van der Waals surface area contributed by atoms with E-state index in [1.54, 1.807) is 0 Å². The van der Waals surface area contributed by atoms with Crippen molar-refractivity contribution in [3.63, 3.8) is 0 Å². The van der Waals surface area contributed by atoms with E-state index in [2.05, 4.69) is 0 Å². The van der Waals surface area contributed by atoms with Gasteiger partial charge < -0.3 is 5.73 Å². The normalized spacial score (nSPS) is 16.5. The summed E-state index contributed by atoms with van der Waals surface area (Å²) in [6, 6.07) is 4.22. The van der Waals surface area contributed by atoms with E-state index in [0.29, 0.717) is 5.02 Å². The minimum atomic E-state index is -3.70. The van der Waals surface area contributed by atoms with Crippen molar-refractivity contribution in [1.29, 1.82) is 0 Å².